The molecule has 2 heterocycles. The Morgan fingerprint density at radius 2 is 2.07 bits per heavy atom. The lowest BCUT2D eigenvalue weighted by molar-refractivity contribution is 0.387. The predicted octanol–water partition coefficient (Wildman–Crippen LogP) is 0.839. The second kappa shape index (κ2) is 3.98. The van der Waals surface area contributed by atoms with Crippen LogP contribution in [0.15, 0.2) is 18.3 Å². The number of rotatable bonds is 2. The summed E-state index contributed by atoms with van der Waals surface area (Å²) in [5, 5.41) is 0. The van der Waals surface area contributed by atoms with Crippen molar-refractivity contribution in [3.63, 3.8) is 0 Å². The van der Waals surface area contributed by atoms with Crippen molar-refractivity contribution in [2.24, 2.45) is 11.7 Å². The number of nitrogens with one attached hydrogen (secondary N) is 1. The van der Waals surface area contributed by atoms with E-state index < -0.39 is 9.84 Å². The summed E-state index contributed by atoms with van der Waals surface area (Å²) in [5.41, 5.74) is 7.08. The van der Waals surface area contributed by atoms with Gasteiger partial charge in [-0.25, -0.2) is 8.42 Å². The van der Waals surface area contributed by atoms with Crippen LogP contribution in [0.2, 0.25) is 0 Å². The molecule has 1 aliphatic rings. The van der Waals surface area contributed by atoms with Gasteiger partial charge in [-0.2, -0.15) is 0 Å². The fourth-order valence-electron chi connectivity index (χ4n) is 2.07. The zero-order chi connectivity index (χ0) is 10.9. The van der Waals surface area contributed by atoms with Crippen LogP contribution in [0.4, 0.5) is 0 Å². The molecule has 84 valence electrons. The van der Waals surface area contributed by atoms with Crippen molar-refractivity contribution in [1.29, 1.82) is 0 Å². The summed E-state index contributed by atoms with van der Waals surface area (Å²) in [6, 6.07) is 3.80. The van der Waals surface area contributed by atoms with Crippen molar-refractivity contribution in [2.45, 2.75) is 18.9 Å². The molecule has 0 bridgehead atoms. The molecule has 1 aromatic heterocycles. The zero-order valence-corrected chi connectivity index (χ0v) is 9.33. The van der Waals surface area contributed by atoms with Crippen LogP contribution in [0.1, 0.15) is 24.6 Å². The minimum absolute atomic E-state index is 0.0597. The molecule has 5 heteroatoms. The van der Waals surface area contributed by atoms with Gasteiger partial charge in [0.15, 0.2) is 0 Å². The molecule has 1 aliphatic heterocycles. The zero-order valence-electron chi connectivity index (χ0n) is 8.52. The third-order valence-electron chi connectivity index (χ3n) is 3.09. The normalized spacial score (nSPS) is 23.8. The highest BCUT2D eigenvalue weighted by Gasteiger charge is 2.28. The Hall–Kier alpha value is -0.810. The molecule has 0 radical (unpaired) electrons. The number of hydrogen-bond acceptors (Lipinski definition) is 3. The van der Waals surface area contributed by atoms with Crippen molar-refractivity contribution < 1.29 is 8.42 Å². The average Bonchev–Trinajstić information content (AvgIpc) is 2.69. The van der Waals surface area contributed by atoms with Gasteiger partial charge in [-0.15, -0.1) is 0 Å². The van der Waals surface area contributed by atoms with Crippen molar-refractivity contribution in [3.05, 3.63) is 24.0 Å². The highest BCUT2D eigenvalue weighted by atomic mass is 32.2. The van der Waals surface area contributed by atoms with Gasteiger partial charge in [0, 0.05) is 17.9 Å². The van der Waals surface area contributed by atoms with E-state index in [0.717, 1.165) is 5.69 Å². The maximum Gasteiger partial charge on any atom is 0.150 e. The maximum absolute atomic E-state index is 11.3. The molecule has 0 spiro atoms. The quantitative estimate of drug-likeness (QED) is 0.787. The lowest BCUT2D eigenvalue weighted by atomic mass is 9.92. The first-order chi connectivity index (χ1) is 7.08. The molecule has 1 unspecified atom stereocenters. The predicted molar refractivity (Wildman–Crippen MR) is 59.1 cm³/mol. The smallest absolute Gasteiger partial charge is 0.150 e. The number of H-pyrrole nitrogens is 1. The van der Waals surface area contributed by atoms with Gasteiger partial charge >= 0.3 is 0 Å². The Bertz CT molecular complexity index is 397. The van der Waals surface area contributed by atoms with Gasteiger partial charge in [0.05, 0.1) is 11.5 Å². The summed E-state index contributed by atoms with van der Waals surface area (Å²) >= 11 is 0. The van der Waals surface area contributed by atoms with Gasteiger partial charge in [-0.1, -0.05) is 0 Å². The van der Waals surface area contributed by atoms with Crippen molar-refractivity contribution in [2.75, 3.05) is 11.5 Å². The molecule has 1 saturated heterocycles. The van der Waals surface area contributed by atoms with Gasteiger partial charge < -0.3 is 10.7 Å². The lowest BCUT2D eigenvalue weighted by Gasteiger charge is -2.26. The third kappa shape index (κ3) is 2.41. The molecule has 0 aromatic carbocycles. The van der Waals surface area contributed by atoms with E-state index in [0.29, 0.717) is 12.8 Å². The van der Waals surface area contributed by atoms with Gasteiger partial charge in [0.1, 0.15) is 9.84 Å². The Balaban J connectivity index is 2.02. The molecule has 1 aromatic rings. The second-order valence-corrected chi connectivity index (χ2v) is 6.44. The van der Waals surface area contributed by atoms with Crippen molar-refractivity contribution in [3.8, 4) is 0 Å². The number of sulfone groups is 1. The molecule has 3 N–H and O–H groups in total. The fraction of sp³-hybridized carbons (Fsp3) is 0.600. The summed E-state index contributed by atoms with van der Waals surface area (Å²) in [5.74, 6) is 0.852. The lowest BCUT2D eigenvalue weighted by Crippen LogP contribution is -2.31. The van der Waals surface area contributed by atoms with Gasteiger partial charge in [0.25, 0.3) is 0 Å². The first-order valence-electron chi connectivity index (χ1n) is 5.18. The van der Waals surface area contributed by atoms with Gasteiger partial charge in [-0.05, 0) is 30.9 Å². The molecule has 2 rings (SSSR count). The molecule has 15 heavy (non-hydrogen) atoms. The van der Waals surface area contributed by atoms with Gasteiger partial charge in [-0.3, -0.25) is 0 Å². The molecule has 4 nitrogen and oxygen atoms in total. The number of aromatic nitrogens is 1. The topological polar surface area (TPSA) is 76.0 Å². The van der Waals surface area contributed by atoms with E-state index in [9.17, 15) is 8.42 Å². The molecule has 0 saturated carbocycles. The van der Waals surface area contributed by atoms with E-state index in [2.05, 4.69) is 4.98 Å². The minimum Gasteiger partial charge on any atom is -0.364 e. The summed E-state index contributed by atoms with van der Waals surface area (Å²) in [6.07, 6.45) is 3.21. The second-order valence-electron chi connectivity index (χ2n) is 4.14. The fourth-order valence-corrected chi connectivity index (χ4v) is 3.60. The number of nitrogens with two attached hydrogens (primary N) is 1. The molecular formula is C10H16N2O2S. The van der Waals surface area contributed by atoms with Crippen LogP contribution in [-0.4, -0.2) is 24.9 Å². The third-order valence-corrected chi connectivity index (χ3v) is 4.80. The summed E-state index contributed by atoms with van der Waals surface area (Å²) in [6.45, 7) is 0. The van der Waals surface area contributed by atoms with Crippen LogP contribution in [0.3, 0.4) is 0 Å². The number of hydrogen-bond donors (Lipinski definition) is 2. The molecule has 1 fully saturated rings. The van der Waals surface area contributed by atoms with E-state index >= 15 is 0 Å². The standard InChI is InChI=1S/C10H16N2O2S/c11-10(9-2-1-5-12-9)8-3-6-15(13,14)7-4-8/h1-2,5,8,10,12H,3-4,6-7,11H2. The largest absolute Gasteiger partial charge is 0.364 e. The number of aromatic amines is 1. The summed E-state index contributed by atoms with van der Waals surface area (Å²) < 4.78 is 22.5. The van der Waals surface area contributed by atoms with E-state index in [-0.39, 0.29) is 23.5 Å². The molecule has 0 aliphatic carbocycles. The van der Waals surface area contributed by atoms with Crippen LogP contribution < -0.4 is 5.73 Å². The first-order valence-corrected chi connectivity index (χ1v) is 7.00. The maximum atomic E-state index is 11.3. The SMILES string of the molecule is NC(c1ccc[nH]1)C1CCS(=O)(=O)CC1. The van der Waals surface area contributed by atoms with Crippen molar-refractivity contribution in [1.82, 2.24) is 4.98 Å². The van der Waals surface area contributed by atoms with Crippen molar-refractivity contribution >= 4 is 9.84 Å². The highest BCUT2D eigenvalue weighted by Crippen LogP contribution is 2.28. The first kappa shape index (κ1) is 10.7. The van der Waals surface area contributed by atoms with Crippen LogP contribution in [0.25, 0.3) is 0 Å². The minimum atomic E-state index is -2.78. The van der Waals surface area contributed by atoms with E-state index in [1.54, 1.807) is 0 Å². The molecular weight excluding hydrogens is 212 g/mol. The Morgan fingerprint density at radius 1 is 1.40 bits per heavy atom. The van der Waals surface area contributed by atoms with Crippen LogP contribution >= 0.6 is 0 Å². The average molecular weight is 228 g/mol. The highest BCUT2D eigenvalue weighted by molar-refractivity contribution is 7.91. The molecule has 1 atom stereocenters. The monoisotopic (exact) mass is 228 g/mol. The Labute approximate surface area is 89.8 Å². The Kier molecular flexibility index (Phi) is 2.84. The van der Waals surface area contributed by atoms with Crippen LogP contribution in [0, 0.1) is 5.92 Å². The summed E-state index contributed by atoms with van der Waals surface area (Å²) in [4.78, 5) is 3.08. The van der Waals surface area contributed by atoms with E-state index in [4.69, 9.17) is 5.73 Å². The van der Waals surface area contributed by atoms with Crippen LogP contribution in [-0.2, 0) is 9.84 Å². The molecule has 0 amide bonds. The van der Waals surface area contributed by atoms with Gasteiger partial charge in [0.2, 0.25) is 0 Å². The summed E-state index contributed by atoms with van der Waals surface area (Å²) in [7, 11) is -2.78. The van der Waals surface area contributed by atoms with E-state index in [1.165, 1.54) is 0 Å². The van der Waals surface area contributed by atoms with Crippen LogP contribution in [0.5, 0.6) is 0 Å². The Morgan fingerprint density at radius 3 is 2.60 bits per heavy atom. The van der Waals surface area contributed by atoms with E-state index in [1.807, 2.05) is 18.3 Å².